The van der Waals surface area contributed by atoms with Crippen LogP contribution in [-0.2, 0) is 9.59 Å². The molecule has 2 amide bonds. The summed E-state index contributed by atoms with van der Waals surface area (Å²) in [5.74, 6) is -0.736. The molecule has 0 unspecified atom stereocenters. The lowest BCUT2D eigenvalue weighted by Crippen LogP contribution is -2.41. The average molecular weight is 277 g/mol. The van der Waals surface area contributed by atoms with E-state index in [2.05, 4.69) is 15.8 Å². The number of rotatable bonds is 5. The van der Waals surface area contributed by atoms with Gasteiger partial charge in [0, 0.05) is 6.04 Å². The maximum absolute atomic E-state index is 11.4. The zero-order valence-electron chi connectivity index (χ0n) is 11.8. The van der Waals surface area contributed by atoms with E-state index in [-0.39, 0.29) is 6.04 Å². The first kappa shape index (κ1) is 15.7. The molecule has 0 aromatic heterocycles. The van der Waals surface area contributed by atoms with Crippen LogP contribution in [-0.4, -0.2) is 31.2 Å². The normalized spacial score (nSPS) is 11.9. The lowest BCUT2D eigenvalue weighted by Gasteiger charge is -2.09. The number of benzene rings is 1. The highest BCUT2D eigenvalue weighted by atomic mass is 16.5. The molecule has 1 rings (SSSR count). The SMILES string of the molecule is CC[C@@H](C)NC(=O)C(=O)N/N=C\c1ccc(OC)cc1. The molecule has 0 saturated carbocycles. The molecule has 0 bridgehead atoms. The predicted octanol–water partition coefficient (Wildman–Crippen LogP) is 1.06. The first-order chi connectivity index (χ1) is 9.56. The molecule has 0 aliphatic heterocycles. The van der Waals surface area contributed by atoms with E-state index in [1.54, 1.807) is 31.4 Å². The largest absolute Gasteiger partial charge is 0.497 e. The number of hydrazone groups is 1. The third-order valence-electron chi connectivity index (χ3n) is 2.69. The van der Waals surface area contributed by atoms with Crippen LogP contribution >= 0.6 is 0 Å². The molecule has 0 saturated heterocycles. The van der Waals surface area contributed by atoms with Gasteiger partial charge in [-0.15, -0.1) is 0 Å². The standard InChI is InChI=1S/C14H19N3O3/c1-4-10(2)16-13(18)14(19)17-15-9-11-5-7-12(20-3)8-6-11/h5-10H,4H2,1-3H3,(H,16,18)(H,17,19)/b15-9-/t10-/m1/s1. The number of hydrogen-bond acceptors (Lipinski definition) is 4. The van der Waals surface area contributed by atoms with Gasteiger partial charge in [0.2, 0.25) is 0 Å². The Morgan fingerprint density at radius 2 is 1.95 bits per heavy atom. The summed E-state index contributed by atoms with van der Waals surface area (Å²) in [6, 6.07) is 7.08. The highest BCUT2D eigenvalue weighted by Crippen LogP contribution is 2.09. The molecule has 108 valence electrons. The van der Waals surface area contributed by atoms with Gasteiger partial charge in [-0.25, -0.2) is 5.43 Å². The minimum absolute atomic E-state index is 0.0428. The van der Waals surface area contributed by atoms with Gasteiger partial charge in [0.15, 0.2) is 0 Å². The molecule has 0 aliphatic rings. The Morgan fingerprint density at radius 3 is 2.50 bits per heavy atom. The highest BCUT2D eigenvalue weighted by molar-refractivity contribution is 6.35. The van der Waals surface area contributed by atoms with Crippen molar-refractivity contribution < 1.29 is 14.3 Å². The van der Waals surface area contributed by atoms with E-state index in [4.69, 9.17) is 4.74 Å². The van der Waals surface area contributed by atoms with E-state index in [1.807, 2.05) is 13.8 Å². The molecule has 1 aromatic rings. The number of ether oxygens (including phenoxy) is 1. The van der Waals surface area contributed by atoms with Crippen molar-refractivity contribution in [3.05, 3.63) is 29.8 Å². The van der Waals surface area contributed by atoms with Gasteiger partial charge in [-0.2, -0.15) is 5.10 Å². The van der Waals surface area contributed by atoms with Crippen molar-refractivity contribution in [3.8, 4) is 5.75 Å². The van der Waals surface area contributed by atoms with Crippen molar-refractivity contribution in [1.29, 1.82) is 0 Å². The lowest BCUT2D eigenvalue weighted by molar-refractivity contribution is -0.139. The van der Waals surface area contributed by atoms with Crippen LogP contribution in [0.3, 0.4) is 0 Å². The molecule has 20 heavy (non-hydrogen) atoms. The first-order valence-corrected chi connectivity index (χ1v) is 6.34. The predicted molar refractivity (Wildman–Crippen MR) is 76.6 cm³/mol. The third kappa shape index (κ3) is 5.09. The second kappa shape index (κ2) is 7.93. The van der Waals surface area contributed by atoms with Gasteiger partial charge in [-0.05, 0) is 43.2 Å². The minimum atomic E-state index is -0.782. The smallest absolute Gasteiger partial charge is 0.329 e. The molecule has 0 heterocycles. The Balaban J connectivity index is 2.46. The number of nitrogens with zero attached hydrogens (tertiary/aromatic N) is 1. The monoisotopic (exact) mass is 277 g/mol. The number of methoxy groups -OCH3 is 1. The number of carbonyl (C=O) groups excluding carboxylic acids is 2. The molecular formula is C14H19N3O3. The van der Waals surface area contributed by atoms with Crippen LogP contribution in [0.2, 0.25) is 0 Å². The quantitative estimate of drug-likeness (QED) is 0.480. The third-order valence-corrected chi connectivity index (χ3v) is 2.69. The molecule has 6 nitrogen and oxygen atoms in total. The summed E-state index contributed by atoms with van der Waals surface area (Å²) >= 11 is 0. The topological polar surface area (TPSA) is 79.8 Å². The second-order valence-electron chi connectivity index (χ2n) is 4.26. The molecule has 0 radical (unpaired) electrons. The van der Waals surface area contributed by atoms with Crippen molar-refractivity contribution in [2.75, 3.05) is 7.11 Å². The summed E-state index contributed by atoms with van der Waals surface area (Å²) in [5.41, 5.74) is 2.96. The first-order valence-electron chi connectivity index (χ1n) is 6.34. The van der Waals surface area contributed by atoms with E-state index in [1.165, 1.54) is 6.21 Å². The average Bonchev–Trinajstić information content (AvgIpc) is 2.47. The van der Waals surface area contributed by atoms with E-state index < -0.39 is 11.8 Å². The number of nitrogens with one attached hydrogen (secondary N) is 2. The fraction of sp³-hybridized carbons (Fsp3) is 0.357. The summed E-state index contributed by atoms with van der Waals surface area (Å²) < 4.78 is 5.02. The van der Waals surface area contributed by atoms with Crippen LogP contribution in [0.25, 0.3) is 0 Å². The van der Waals surface area contributed by atoms with Crippen LogP contribution in [0.5, 0.6) is 5.75 Å². The van der Waals surface area contributed by atoms with Gasteiger partial charge >= 0.3 is 11.8 Å². The van der Waals surface area contributed by atoms with Gasteiger partial charge in [0.1, 0.15) is 5.75 Å². The summed E-state index contributed by atoms with van der Waals surface area (Å²) in [4.78, 5) is 22.9. The van der Waals surface area contributed by atoms with Crippen molar-refractivity contribution >= 4 is 18.0 Å². The summed E-state index contributed by atoms with van der Waals surface area (Å²) in [6.45, 7) is 3.75. The van der Waals surface area contributed by atoms with Crippen LogP contribution in [0.1, 0.15) is 25.8 Å². The number of carbonyl (C=O) groups is 2. The zero-order valence-corrected chi connectivity index (χ0v) is 11.8. The van der Waals surface area contributed by atoms with Crippen LogP contribution < -0.4 is 15.5 Å². The molecule has 1 aromatic carbocycles. The van der Waals surface area contributed by atoms with Crippen molar-refractivity contribution in [1.82, 2.24) is 10.7 Å². The highest BCUT2D eigenvalue weighted by Gasteiger charge is 2.14. The van der Waals surface area contributed by atoms with Crippen LogP contribution in [0.15, 0.2) is 29.4 Å². The maximum Gasteiger partial charge on any atom is 0.329 e. The summed E-state index contributed by atoms with van der Waals surface area (Å²) in [7, 11) is 1.58. The molecule has 2 N–H and O–H groups in total. The molecule has 0 aliphatic carbocycles. The van der Waals surface area contributed by atoms with Crippen molar-refractivity contribution in [3.63, 3.8) is 0 Å². The van der Waals surface area contributed by atoms with Gasteiger partial charge in [-0.3, -0.25) is 9.59 Å². The van der Waals surface area contributed by atoms with Crippen molar-refractivity contribution in [2.24, 2.45) is 5.10 Å². The Hall–Kier alpha value is -2.37. The fourth-order valence-corrected chi connectivity index (χ4v) is 1.30. The number of amides is 2. The molecular weight excluding hydrogens is 258 g/mol. The number of hydrogen-bond donors (Lipinski definition) is 2. The molecule has 0 spiro atoms. The van der Waals surface area contributed by atoms with Crippen molar-refractivity contribution in [2.45, 2.75) is 26.3 Å². The minimum Gasteiger partial charge on any atom is -0.497 e. The maximum atomic E-state index is 11.4. The Labute approximate surface area is 118 Å². The van der Waals surface area contributed by atoms with Crippen LogP contribution in [0, 0.1) is 0 Å². The molecule has 0 fully saturated rings. The van der Waals surface area contributed by atoms with Gasteiger partial charge in [0.25, 0.3) is 0 Å². The van der Waals surface area contributed by atoms with E-state index in [0.717, 1.165) is 17.7 Å². The summed E-state index contributed by atoms with van der Waals surface area (Å²) in [6.07, 6.45) is 2.21. The van der Waals surface area contributed by atoms with Gasteiger partial charge < -0.3 is 10.1 Å². The summed E-state index contributed by atoms with van der Waals surface area (Å²) in [5, 5.41) is 6.28. The zero-order chi connectivity index (χ0) is 15.0. The molecule has 6 heteroatoms. The van der Waals surface area contributed by atoms with Gasteiger partial charge in [0.05, 0.1) is 13.3 Å². The Morgan fingerprint density at radius 1 is 1.30 bits per heavy atom. The lowest BCUT2D eigenvalue weighted by atomic mass is 10.2. The van der Waals surface area contributed by atoms with Crippen LogP contribution in [0.4, 0.5) is 0 Å². The fourth-order valence-electron chi connectivity index (χ4n) is 1.30. The Bertz CT molecular complexity index is 483. The van der Waals surface area contributed by atoms with E-state index in [9.17, 15) is 9.59 Å². The Kier molecular flexibility index (Phi) is 6.22. The van der Waals surface area contributed by atoms with E-state index >= 15 is 0 Å². The van der Waals surface area contributed by atoms with E-state index in [0.29, 0.717) is 0 Å². The second-order valence-corrected chi connectivity index (χ2v) is 4.26. The van der Waals surface area contributed by atoms with Gasteiger partial charge in [-0.1, -0.05) is 6.92 Å². The molecule has 1 atom stereocenters.